The van der Waals surface area contributed by atoms with E-state index in [-0.39, 0.29) is 23.0 Å². The molecule has 0 fully saturated rings. The van der Waals surface area contributed by atoms with Gasteiger partial charge < -0.3 is 15.4 Å². The van der Waals surface area contributed by atoms with Crippen molar-refractivity contribution in [3.05, 3.63) is 76.3 Å². The molecule has 0 atom stereocenters. The number of hydrogen-bond donors (Lipinski definition) is 2. The second-order valence-corrected chi connectivity index (χ2v) is 6.86. The number of nitrogens with one attached hydrogen (secondary N) is 2. The Morgan fingerprint density at radius 3 is 2.46 bits per heavy atom. The van der Waals surface area contributed by atoms with Crippen molar-refractivity contribution in [2.75, 3.05) is 19.7 Å². The smallest absolute Gasteiger partial charge is 0.253 e. The minimum absolute atomic E-state index is 0.159. The van der Waals surface area contributed by atoms with Crippen LogP contribution in [0.5, 0.6) is 5.75 Å². The number of halogens is 2. The maximum atomic E-state index is 12.1. The lowest BCUT2D eigenvalue weighted by molar-refractivity contribution is -0.120. The topological polar surface area (TPSA) is 67.4 Å². The van der Waals surface area contributed by atoms with Gasteiger partial charge in [-0.05, 0) is 41.1 Å². The molecule has 2 N–H and O–H groups in total. The predicted molar refractivity (Wildman–Crippen MR) is 111 cm³/mol. The molecule has 144 valence electrons. The van der Waals surface area contributed by atoms with E-state index in [1.807, 2.05) is 42.5 Å². The molecule has 0 aliphatic carbocycles. The monoisotopic (exact) mass is 416 g/mol. The molecule has 0 bridgehead atoms. The van der Waals surface area contributed by atoms with Gasteiger partial charge in [-0.1, -0.05) is 53.5 Å². The van der Waals surface area contributed by atoms with Crippen molar-refractivity contribution in [3.63, 3.8) is 0 Å². The number of benzene rings is 3. The van der Waals surface area contributed by atoms with E-state index in [4.69, 9.17) is 27.9 Å². The molecule has 0 saturated heterocycles. The first-order valence-electron chi connectivity index (χ1n) is 8.64. The first-order chi connectivity index (χ1) is 13.5. The van der Waals surface area contributed by atoms with E-state index in [2.05, 4.69) is 10.6 Å². The van der Waals surface area contributed by atoms with Crippen LogP contribution in [0.3, 0.4) is 0 Å². The van der Waals surface area contributed by atoms with Gasteiger partial charge in [0.1, 0.15) is 12.4 Å². The third-order valence-electron chi connectivity index (χ3n) is 4.00. The Balaban J connectivity index is 1.40. The third-order valence-corrected chi connectivity index (χ3v) is 4.55. The lowest BCUT2D eigenvalue weighted by Crippen LogP contribution is -2.38. The molecule has 0 unspecified atom stereocenters. The van der Waals surface area contributed by atoms with Crippen molar-refractivity contribution >= 4 is 45.8 Å². The number of carbonyl (C=O) groups is 2. The highest BCUT2D eigenvalue weighted by Crippen LogP contribution is 2.21. The van der Waals surface area contributed by atoms with Crippen LogP contribution in [0, 0.1) is 0 Å². The fraction of sp³-hybridized carbons (Fsp3) is 0.143. The molecule has 3 rings (SSSR count). The van der Waals surface area contributed by atoms with E-state index < -0.39 is 5.91 Å². The molecule has 0 saturated carbocycles. The van der Waals surface area contributed by atoms with E-state index in [0.717, 1.165) is 16.5 Å². The summed E-state index contributed by atoms with van der Waals surface area (Å²) in [4.78, 5) is 23.9. The van der Waals surface area contributed by atoms with Gasteiger partial charge in [0.2, 0.25) is 5.91 Å². The summed E-state index contributed by atoms with van der Waals surface area (Å²) in [5.74, 6) is -0.0246. The quantitative estimate of drug-likeness (QED) is 0.570. The maximum Gasteiger partial charge on any atom is 0.253 e. The van der Waals surface area contributed by atoms with E-state index in [0.29, 0.717) is 18.2 Å². The fourth-order valence-corrected chi connectivity index (χ4v) is 3.10. The molecule has 0 heterocycles. The minimum Gasteiger partial charge on any atom is -0.492 e. The number of rotatable bonds is 7. The van der Waals surface area contributed by atoms with Crippen molar-refractivity contribution in [1.29, 1.82) is 0 Å². The average Bonchev–Trinajstić information content (AvgIpc) is 2.69. The van der Waals surface area contributed by atoms with E-state index >= 15 is 0 Å². The average molecular weight is 417 g/mol. The third kappa shape index (κ3) is 5.38. The Morgan fingerprint density at radius 1 is 0.893 bits per heavy atom. The van der Waals surface area contributed by atoms with Crippen LogP contribution in [-0.4, -0.2) is 31.5 Å². The van der Waals surface area contributed by atoms with Gasteiger partial charge in [0.25, 0.3) is 5.91 Å². The number of fused-ring (bicyclic) bond motifs is 1. The van der Waals surface area contributed by atoms with Gasteiger partial charge in [-0.2, -0.15) is 0 Å². The van der Waals surface area contributed by atoms with Crippen LogP contribution in [0.2, 0.25) is 10.0 Å². The zero-order valence-corrected chi connectivity index (χ0v) is 16.4. The molecule has 28 heavy (non-hydrogen) atoms. The lowest BCUT2D eigenvalue weighted by Gasteiger charge is -2.10. The van der Waals surface area contributed by atoms with Crippen LogP contribution in [0.25, 0.3) is 10.8 Å². The molecule has 0 aromatic heterocycles. The number of amides is 2. The first kappa shape index (κ1) is 20.0. The summed E-state index contributed by atoms with van der Waals surface area (Å²) in [5, 5.41) is 8.10. The Labute approximate surface area is 172 Å². The second kappa shape index (κ2) is 9.44. The molecule has 0 spiro atoms. The Bertz CT molecular complexity index is 1010. The summed E-state index contributed by atoms with van der Waals surface area (Å²) in [6.07, 6.45) is 0. The normalized spacial score (nSPS) is 10.5. The molecule has 0 radical (unpaired) electrons. The van der Waals surface area contributed by atoms with E-state index in [1.165, 1.54) is 12.1 Å². The van der Waals surface area contributed by atoms with Crippen molar-refractivity contribution in [3.8, 4) is 5.75 Å². The number of ether oxygens (including phenoxy) is 1. The lowest BCUT2D eigenvalue weighted by atomic mass is 10.1. The fourth-order valence-electron chi connectivity index (χ4n) is 2.61. The van der Waals surface area contributed by atoms with Crippen molar-refractivity contribution in [2.45, 2.75) is 0 Å². The molecular weight excluding hydrogens is 399 g/mol. The molecule has 3 aromatic rings. The van der Waals surface area contributed by atoms with Crippen LogP contribution in [0.1, 0.15) is 10.4 Å². The van der Waals surface area contributed by atoms with Crippen LogP contribution >= 0.6 is 23.2 Å². The van der Waals surface area contributed by atoms with Crippen molar-refractivity contribution < 1.29 is 14.3 Å². The molecule has 3 aromatic carbocycles. The zero-order chi connectivity index (χ0) is 19.9. The second-order valence-electron chi connectivity index (χ2n) is 6.01. The van der Waals surface area contributed by atoms with Crippen molar-refractivity contribution in [2.24, 2.45) is 0 Å². The molecular formula is C21H18Cl2N2O3. The SMILES string of the molecule is O=C(CNC(=O)c1ccc(Cl)cc1Cl)NCCOc1ccc2ccccc2c1. The molecule has 2 amide bonds. The van der Waals surface area contributed by atoms with Gasteiger partial charge >= 0.3 is 0 Å². The maximum absolute atomic E-state index is 12.1. The van der Waals surface area contributed by atoms with Crippen LogP contribution in [0.4, 0.5) is 0 Å². The van der Waals surface area contributed by atoms with E-state index in [1.54, 1.807) is 6.07 Å². The van der Waals surface area contributed by atoms with Crippen LogP contribution < -0.4 is 15.4 Å². The van der Waals surface area contributed by atoms with Gasteiger partial charge in [-0.25, -0.2) is 0 Å². The van der Waals surface area contributed by atoms with Gasteiger partial charge in [0, 0.05) is 5.02 Å². The van der Waals surface area contributed by atoms with Crippen LogP contribution in [-0.2, 0) is 4.79 Å². The van der Waals surface area contributed by atoms with Crippen molar-refractivity contribution in [1.82, 2.24) is 10.6 Å². The summed E-state index contributed by atoms with van der Waals surface area (Å²) in [6.45, 7) is 0.484. The number of hydrogen-bond acceptors (Lipinski definition) is 3. The molecule has 7 heteroatoms. The van der Waals surface area contributed by atoms with Gasteiger partial charge in [0.05, 0.1) is 23.7 Å². The Kier molecular flexibility index (Phi) is 6.74. The van der Waals surface area contributed by atoms with Gasteiger partial charge in [0.15, 0.2) is 0 Å². The highest BCUT2D eigenvalue weighted by molar-refractivity contribution is 6.36. The van der Waals surface area contributed by atoms with Gasteiger partial charge in [-0.15, -0.1) is 0 Å². The summed E-state index contributed by atoms with van der Waals surface area (Å²) < 4.78 is 5.65. The minimum atomic E-state index is -0.441. The molecule has 0 aliphatic heterocycles. The summed E-state index contributed by atoms with van der Waals surface area (Å²) in [5.41, 5.74) is 0.263. The summed E-state index contributed by atoms with van der Waals surface area (Å²) in [7, 11) is 0. The van der Waals surface area contributed by atoms with Crippen LogP contribution in [0.15, 0.2) is 60.7 Å². The Morgan fingerprint density at radius 2 is 1.68 bits per heavy atom. The van der Waals surface area contributed by atoms with Gasteiger partial charge in [-0.3, -0.25) is 9.59 Å². The Hall–Kier alpha value is -2.76. The molecule has 0 aliphatic rings. The largest absolute Gasteiger partial charge is 0.492 e. The highest BCUT2D eigenvalue weighted by Gasteiger charge is 2.11. The zero-order valence-electron chi connectivity index (χ0n) is 14.9. The predicted octanol–water partition coefficient (Wildman–Crippen LogP) is 4.07. The number of carbonyl (C=O) groups excluding carboxylic acids is 2. The summed E-state index contributed by atoms with van der Waals surface area (Å²) in [6, 6.07) is 18.4. The summed E-state index contributed by atoms with van der Waals surface area (Å²) >= 11 is 11.8. The highest BCUT2D eigenvalue weighted by atomic mass is 35.5. The first-order valence-corrected chi connectivity index (χ1v) is 9.40. The van der Waals surface area contributed by atoms with E-state index in [9.17, 15) is 9.59 Å². The standard InChI is InChI=1S/C21H18Cl2N2O3/c22-16-6-8-18(19(23)12-16)21(27)25-13-20(26)24-9-10-28-17-7-5-14-3-1-2-4-15(14)11-17/h1-8,11-12H,9-10,13H2,(H,24,26)(H,25,27). The molecule has 5 nitrogen and oxygen atoms in total.